The molecule has 0 saturated carbocycles. The summed E-state index contributed by atoms with van der Waals surface area (Å²) in [5.74, 6) is 0. The van der Waals surface area contributed by atoms with Gasteiger partial charge in [-0.15, -0.1) is 0 Å². The predicted molar refractivity (Wildman–Crippen MR) is 44.6 cm³/mol. The topological polar surface area (TPSA) is 9.23 Å². The van der Waals surface area contributed by atoms with E-state index < -0.39 is 21.1 Å². The summed E-state index contributed by atoms with van der Waals surface area (Å²) in [4.78, 5) is 0. The Morgan fingerprint density at radius 1 is 1.17 bits per heavy atom. The average Bonchev–Trinajstić information content (AvgIpc) is 1.99. The molecule has 0 rings (SSSR count). The summed E-state index contributed by atoms with van der Waals surface area (Å²) in [6.45, 7) is 4.51. The van der Waals surface area contributed by atoms with Gasteiger partial charge >= 0.3 is 6.18 Å². The molecule has 0 heterocycles. The Hall–Kier alpha value is -0.0331. The molecular weight excluding hydrogens is 185 g/mol. The van der Waals surface area contributed by atoms with Gasteiger partial charge in [0.2, 0.25) is 0 Å². The van der Waals surface area contributed by atoms with E-state index in [2.05, 4.69) is 0 Å². The van der Waals surface area contributed by atoms with Crippen LogP contribution in [0, 0.1) is 0 Å². The van der Waals surface area contributed by atoms with Crippen molar-refractivity contribution in [1.29, 1.82) is 0 Å². The first-order valence-electron chi connectivity index (χ1n) is 4.03. The first-order valence-corrected chi connectivity index (χ1v) is 6.86. The molecule has 0 atom stereocenters. The van der Waals surface area contributed by atoms with Crippen molar-refractivity contribution in [2.24, 2.45) is 0 Å². The Morgan fingerprint density at radius 2 is 1.58 bits per heavy atom. The van der Waals surface area contributed by atoms with Crippen LogP contribution in [-0.2, 0) is 4.43 Å². The lowest BCUT2D eigenvalue weighted by atomic mass is 10.7. The maximum absolute atomic E-state index is 11.8. The largest absolute Gasteiger partial charge is 0.410 e. The number of halogens is 3. The molecule has 0 aliphatic rings. The van der Waals surface area contributed by atoms with Gasteiger partial charge in [-0.2, -0.15) is 13.2 Å². The second-order valence-corrected chi connectivity index (χ2v) is 7.66. The van der Waals surface area contributed by atoms with Gasteiger partial charge in [-0.3, -0.25) is 0 Å². The predicted octanol–water partition coefficient (Wildman–Crippen LogP) is 3.18. The highest BCUT2D eigenvalue weighted by atomic mass is 28.4. The van der Waals surface area contributed by atoms with Gasteiger partial charge in [0.15, 0.2) is 8.32 Å². The van der Waals surface area contributed by atoms with Crippen LogP contribution < -0.4 is 0 Å². The van der Waals surface area contributed by atoms with Crippen LogP contribution in [-0.4, -0.2) is 21.1 Å². The minimum atomic E-state index is -4.18. The summed E-state index contributed by atoms with van der Waals surface area (Å²) in [7, 11) is -2.03. The van der Waals surface area contributed by atoms with Crippen LogP contribution in [0.15, 0.2) is 0 Å². The van der Waals surface area contributed by atoms with Gasteiger partial charge in [0.05, 0.1) is 0 Å². The first kappa shape index (κ1) is 12.0. The second kappa shape index (κ2) is 4.27. The van der Waals surface area contributed by atoms with E-state index in [0.717, 1.165) is 12.1 Å². The highest BCUT2D eigenvalue weighted by Crippen LogP contribution is 2.21. The van der Waals surface area contributed by atoms with Crippen molar-refractivity contribution in [2.45, 2.75) is 38.7 Å². The summed E-state index contributed by atoms with van der Waals surface area (Å²) in [5, 5.41) is 0. The van der Waals surface area contributed by atoms with Gasteiger partial charge in [0.25, 0.3) is 0 Å². The maximum Gasteiger partial charge on any atom is 0.410 e. The van der Waals surface area contributed by atoms with E-state index in [-0.39, 0.29) is 0 Å². The summed E-state index contributed by atoms with van der Waals surface area (Å²) in [6.07, 6.45) is -4.18. The van der Waals surface area contributed by atoms with Crippen molar-refractivity contribution in [3.63, 3.8) is 0 Å². The molecule has 12 heavy (non-hydrogen) atoms. The van der Waals surface area contributed by atoms with Crippen molar-refractivity contribution in [3.8, 4) is 0 Å². The minimum Gasteiger partial charge on any atom is -0.408 e. The Kier molecular flexibility index (Phi) is 4.26. The molecule has 0 radical (unpaired) electrons. The lowest BCUT2D eigenvalue weighted by molar-refractivity contribution is -0.155. The minimum absolute atomic E-state index is 0.736. The molecule has 0 amide bonds. The van der Waals surface area contributed by atoms with Gasteiger partial charge < -0.3 is 4.43 Å². The van der Waals surface area contributed by atoms with Crippen molar-refractivity contribution in [1.82, 2.24) is 0 Å². The zero-order valence-electron chi connectivity index (χ0n) is 7.66. The molecule has 0 aromatic rings. The van der Waals surface area contributed by atoms with E-state index in [1.165, 1.54) is 0 Å². The van der Waals surface area contributed by atoms with E-state index >= 15 is 0 Å². The van der Waals surface area contributed by atoms with Gasteiger partial charge in [0, 0.05) is 0 Å². The van der Waals surface area contributed by atoms with Crippen molar-refractivity contribution < 1.29 is 17.6 Å². The molecule has 0 bridgehead atoms. The average molecular weight is 200 g/mol. The normalized spacial score (nSPS) is 13.5. The summed E-state index contributed by atoms with van der Waals surface area (Å²) >= 11 is 0. The van der Waals surface area contributed by atoms with Crippen LogP contribution >= 0.6 is 0 Å². The second-order valence-electron chi connectivity index (χ2n) is 3.06. The van der Waals surface area contributed by atoms with Crippen LogP contribution in [0.4, 0.5) is 13.2 Å². The van der Waals surface area contributed by atoms with Crippen LogP contribution in [0.5, 0.6) is 0 Å². The van der Waals surface area contributed by atoms with Crippen LogP contribution in [0.2, 0.25) is 18.6 Å². The van der Waals surface area contributed by atoms with Crippen LogP contribution in [0.1, 0.15) is 13.8 Å². The third-order valence-corrected chi connectivity index (χ3v) is 5.91. The molecule has 0 spiro atoms. The number of rotatable bonds is 4. The van der Waals surface area contributed by atoms with E-state index in [9.17, 15) is 13.2 Å². The Morgan fingerprint density at radius 3 is 1.83 bits per heavy atom. The van der Waals surface area contributed by atoms with Crippen molar-refractivity contribution >= 4 is 8.32 Å². The highest BCUT2D eigenvalue weighted by molar-refractivity contribution is 6.72. The molecule has 0 aliphatic carbocycles. The molecule has 0 aromatic carbocycles. The molecule has 0 aliphatic heterocycles. The molecule has 0 aromatic heterocycles. The Bertz CT molecular complexity index is 131. The molecule has 0 unspecified atom stereocenters. The number of hydrogen-bond acceptors (Lipinski definition) is 1. The number of hydrogen-bond donors (Lipinski definition) is 0. The summed E-state index contributed by atoms with van der Waals surface area (Å²) in [6, 6.07) is 1.47. The van der Waals surface area contributed by atoms with E-state index in [0.29, 0.717) is 0 Å². The van der Waals surface area contributed by atoms with E-state index in [1.807, 2.05) is 20.4 Å². The van der Waals surface area contributed by atoms with E-state index in [4.69, 9.17) is 4.43 Å². The molecule has 0 N–H and O–H groups in total. The zero-order valence-corrected chi connectivity index (χ0v) is 8.66. The third kappa shape index (κ3) is 4.77. The SMILES string of the molecule is CC[Si](C)(CC)OCC(F)(F)F. The van der Waals surface area contributed by atoms with Crippen molar-refractivity contribution in [3.05, 3.63) is 0 Å². The lowest BCUT2D eigenvalue weighted by Crippen LogP contribution is -2.36. The van der Waals surface area contributed by atoms with Crippen LogP contribution in [0.3, 0.4) is 0 Å². The standard InChI is InChI=1S/C7H15F3OSi/c1-4-12(3,5-2)11-6-7(8,9)10/h4-6H2,1-3H3. The molecular formula is C7H15F3OSi. The Balaban J connectivity index is 3.89. The quantitative estimate of drug-likeness (QED) is 0.633. The van der Waals surface area contributed by atoms with Gasteiger partial charge in [-0.05, 0) is 18.6 Å². The summed E-state index contributed by atoms with van der Waals surface area (Å²) in [5.41, 5.74) is 0. The van der Waals surface area contributed by atoms with Crippen LogP contribution in [0.25, 0.3) is 0 Å². The highest BCUT2D eigenvalue weighted by Gasteiger charge is 2.33. The fourth-order valence-corrected chi connectivity index (χ4v) is 2.13. The van der Waals surface area contributed by atoms with Gasteiger partial charge in [-0.1, -0.05) is 13.8 Å². The molecule has 74 valence electrons. The first-order chi connectivity index (χ1) is 5.33. The zero-order chi connectivity index (χ0) is 9.83. The molecule has 0 fully saturated rings. The van der Waals surface area contributed by atoms with Gasteiger partial charge in [-0.25, -0.2) is 0 Å². The Labute approximate surface area is 72.0 Å². The molecule has 0 saturated heterocycles. The number of alkyl halides is 3. The monoisotopic (exact) mass is 200 g/mol. The maximum atomic E-state index is 11.8. The van der Waals surface area contributed by atoms with Gasteiger partial charge in [0.1, 0.15) is 6.61 Å². The fraction of sp³-hybridized carbons (Fsp3) is 1.00. The smallest absolute Gasteiger partial charge is 0.408 e. The molecule has 5 heteroatoms. The lowest BCUT2D eigenvalue weighted by Gasteiger charge is -2.24. The summed E-state index contributed by atoms with van der Waals surface area (Å²) < 4.78 is 40.2. The van der Waals surface area contributed by atoms with E-state index in [1.54, 1.807) is 0 Å². The van der Waals surface area contributed by atoms with Crippen molar-refractivity contribution in [2.75, 3.05) is 6.61 Å². The molecule has 1 nitrogen and oxygen atoms in total. The third-order valence-electron chi connectivity index (χ3n) is 2.08. The fourth-order valence-electron chi connectivity index (χ4n) is 0.710.